The number of benzene rings is 1. The number of rotatable bonds is 2. The zero-order chi connectivity index (χ0) is 17.4. The fraction of sp³-hybridized carbons (Fsp3) is 0. The molecule has 0 fully saturated rings. The summed E-state index contributed by atoms with van der Waals surface area (Å²) in [5.41, 5.74) is 2.09. The van der Waals surface area contributed by atoms with Gasteiger partial charge in [0.05, 0.1) is 20.6 Å². The van der Waals surface area contributed by atoms with E-state index in [1.165, 1.54) is 11.8 Å². The zero-order valence-corrected chi connectivity index (χ0v) is 14.9. The summed E-state index contributed by atoms with van der Waals surface area (Å²) in [5.74, 6) is -0.317. The number of para-hydroxylation sites is 1. The van der Waals surface area contributed by atoms with Gasteiger partial charge in [0.2, 0.25) is 0 Å². The number of nitrogens with one attached hydrogen (secondary N) is 2. The lowest BCUT2D eigenvalue weighted by Gasteiger charge is -2.08. The Morgan fingerprint density at radius 2 is 1.96 bits per heavy atom. The van der Waals surface area contributed by atoms with Crippen LogP contribution in [0.4, 0.5) is 5.69 Å². The van der Waals surface area contributed by atoms with E-state index in [-0.39, 0.29) is 5.91 Å². The maximum atomic E-state index is 12.2. The first-order valence-corrected chi connectivity index (χ1v) is 8.85. The maximum absolute atomic E-state index is 12.2. The topological polar surface area (TPSA) is 70.1 Å². The third kappa shape index (κ3) is 3.28. The SMILES string of the molecule is O=C1N=C(Nc2c(Cl)cccc2Cl)SC1=Cc1cc2cccnc2[nH]1. The second-order valence-corrected chi connectivity index (χ2v) is 7.07. The number of aromatic nitrogens is 2. The molecule has 8 heteroatoms. The van der Waals surface area contributed by atoms with Crippen molar-refractivity contribution in [2.75, 3.05) is 5.32 Å². The van der Waals surface area contributed by atoms with Crippen LogP contribution in [0.15, 0.2) is 52.5 Å². The van der Waals surface area contributed by atoms with Gasteiger partial charge in [0, 0.05) is 17.3 Å². The van der Waals surface area contributed by atoms with Crippen LogP contribution in [-0.4, -0.2) is 21.0 Å². The van der Waals surface area contributed by atoms with Crippen LogP contribution in [0, 0.1) is 0 Å². The molecular formula is C17H10Cl2N4OS. The lowest BCUT2D eigenvalue weighted by molar-refractivity contribution is -0.113. The van der Waals surface area contributed by atoms with Crippen LogP contribution >= 0.6 is 35.0 Å². The second kappa shape index (κ2) is 6.55. The summed E-state index contributed by atoms with van der Waals surface area (Å²) in [6.45, 7) is 0. The van der Waals surface area contributed by atoms with Crippen molar-refractivity contribution >= 4 is 68.8 Å². The van der Waals surface area contributed by atoms with Crippen LogP contribution < -0.4 is 5.32 Å². The quantitative estimate of drug-likeness (QED) is 0.609. The molecule has 0 aliphatic carbocycles. The zero-order valence-electron chi connectivity index (χ0n) is 12.6. The Balaban J connectivity index is 1.57. The molecule has 4 rings (SSSR count). The monoisotopic (exact) mass is 388 g/mol. The fourth-order valence-electron chi connectivity index (χ4n) is 2.38. The van der Waals surface area contributed by atoms with E-state index >= 15 is 0 Å². The number of anilines is 1. The molecule has 3 aromatic rings. The highest BCUT2D eigenvalue weighted by atomic mass is 35.5. The maximum Gasteiger partial charge on any atom is 0.286 e. The van der Waals surface area contributed by atoms with Crippen LogP contribution in [0.3, 0.4) is 0 Å². The number of amidine groups is 1. The Labute approximate surface area is 157 Å². The van der Waals surface area contributed by atoms with Gasteiger partial charge in [-0.05, 0) is 48.2 Å². The van der Waals surface area contributed by atoms with Crippen molar-refractivity contribution in [2.24, 2.45) is 4.99 Å². The summed E-state index contributed by atoms with van der Waals surface area (Å²) in [7, 11) is 0. The highest BCUT2D eigenvalue weighted by molar-refractivity contribution is 8.18. The first-order chi connectivity index (χ1) is 12.1. The van der Waals surface area contributed by atoms with E-state index in [0.29, 0.717) is 25.8 Å². The molecule has 1 amide bonds. The van der Waals surface area contributed by atoms with Gasteiger partial charge in [-0.15, -0.1) is 0 Å². The van der Waals surface area contributed by atoms with Gasteiger partial charge >= 0.3 is 0 Å². The van der Waals surface area contributed by atoms with Crippen molar-refractivity contribution in [2.45, 2.75) is 0 Å². The van der Waals surface area contributed by atoms with Crippen molar-refractivity contribution in [1.82, 2.24) is 9.97 Å². The van der Waals surface area contributed by atoms with E-state index in [0.717, 1.165) is 16.7 Å². The summed E-state index contributed by atoms with van der Waals surface area (Å²) < 4.78 is 0. The fourth-order valence-corrected chi connectivity index (χ4v) is 3.69. The molecule has 0 saturated carbocycles. The number of aliphatic imine (C=N–C) groups is 1. The molecule has 1 aliphatic rings. The van der Waals surface area contributed by atoms with E-state index in [4.69, 9.17) is 23.2 Å². The third-order valence-corrected chi connectivity index (χ3v) is 5.04. The molecule has 1 aliphatic heterocycles. The lowest BCUT2D eigenvalue weighted by Crippen LogP contribution is -2.05. The Hall–Kier alpha value is -2.28. The number of hydrogen-bond acceptors (Lipinski definition) is 4. The van der Waals surface area contributed by atoms with Crippen LogP contribution in [0.25, 0.3) is 17.1 Å². The summed E-state index contributed by atoms with van der Waals surface area (Å²) in [6.07, 6.45) is 3.46. The van der Waals surface area contributed by atoms with E-state index in [1.807, 2.05) is 18.2 Å². The molecule has 5 nitrogen and oxygen atoms in total. The Morgan fingerprint density at radius 1 is 1.16 bits per heavy atom. The number of fused-ring (bicyclic) bond motifs is 1. The molecule has 124 valence electrons. The molecule has 25 heavy (non-hydrogen) atoms. The first kappa shape index (κ1) is 16.2. The summed E-state index contributed by atoms with van der Waals surface area (Å²) in [4.78, 5) is 24.1. The number of thioether (sulfide) groups is 1. The number of carbonyl (C=O) groups excluding carboxylic acids is 1. The van der Waals surface area contributed by atoms with Gasteiger partial charge in [0.15, 0.2) is 5.17 Å². The van der Waals surface area contributed by atoms with Crippen LogP contribution in [0.1, 0.15) is 5.69 Å². The van der Waals surface area contributed by atoms with Crippen molar-refractivity contribution in [3.63, 3.8) is 0 Å². The van der Waals surface area contributed by atoms with Crippen molar-refractivity contribution < 1.29 is 4.79 Å². The average molecular weight is 389 g/mol. The normalized spacial score (nSPS) is 15.8. The van der Waals surface area contributed by atoms with Crippen molar-refractivity contribution in [3.8, 4) is 0 Å². The van der Waals surface area contributed by atoms with Crippen molar-refractivity contribution in [3.05, 3.63) is 63.2 Å². The Bertz CT molecular complexity index is 1000. The number of aromatic amines is 1. The van der Waals surface area contributed by atoms with Crippen molar-refractivity contribution in [1.29, 1.82) is 0 Å². The molecule has 3 heterocycles. The highest BCUT2D eigenvalue weighted by Gasteiger charge is 2.23. The predicted octanol–water partition coefficient (Wildman–Crippen LogP) is 4.95. The number of amides is 1. The summed E-state index contributed by atoms with van der Waals surface area (Å²) >= 11 is 13.5. The first-order valence-electron chi connectivity index (χ1n) is 7.27. The number of pyridine rings is 1. The molecule has 0 spiro atoms. The molecule has 0 unspecified atom stereocenters. The van der Waals surface area contributed by atoms with Gasteiger partial charge in [-0.1, -0.05) is 29.3 Å². The molecule has 2 N–H and O–H groups in total. The minimum absolute atomic E-state index is 0.317. The second-order valence-electron chi connectivity index (χ2n) is 5.22. The molecule has 1 aromatic carbocycles. The van der Waals surface area contributed by atoms with E-state index < -0.39 is 0 Å². The van der Waals surface area contributed by atoms with Crippen LogP contribution in [-0.2, 0) is 4.79 Å². The standard InChI is InChI=1S/C17H10Cl2N4OS/c18-11-4-1-5-12(19)14(11)22-17-23-16(24)13(25-17)8-10-7-9-3-2-6-20-15(9)21-10/h1-8H,(H,20,21)(H,22,23,24). The minimum atomic E-state index is -0.317. The van der Waals surface area contributed by atoms with Gasteiger partial charge < -0.3 is 10.3 Å². The Kier molecular flexibility index (Phi) is 4.25. The average Bonchev–Trinajstić information content (AvgIpc) is 3.14. The number of carbonyl (C=O) groups is 1. The largest absolute Gasteiger partial charge is 0.340 e. The summed E-state index contributed by atoms with van der Waals surface area (Å²) in [5, 5.41) is 5.35. The van der Waals surface area contributed by atoms with Gasteiger partial charge in [0.25, 0.3) is 5.91 Å². The van der Waals surface area contributed by atoms with Gasteiger partial charge in [-0.25, -0.2) is 4.98 Å². The van der Waals surface area contributed by atoms with Gasteiger partial charge in [-0.3, -0.25) is 4.79 Å². The number of halogens is 2. The number of H-pyrrole nitrogens is 1. The molecule has 0 saturated heterocycles. The molecule has 2 aromatic heterocycles. The molecule has 0 bridgehead atoms. The Morgan fingerprint density at radius 3 is 2.72 bits per heavy atom. The molecule has 0 radical (unpaired) electrons. The number of nitrogens with zero attached hydrogens (tertiary/aromatic N) is 2. The van der Waals surface area contributed by atoms with Crippen LogP contribution in [0.2, 0.25) is 10.0 Å². The van der Waals surface area contributed by atoms with Gasteiger partial charge in [-0.2, -0.15) is 4.99 Å². The lowest BCUT2D eigenvalue weighted by atomic mass is 10.3. The molecule has 0 atom stereocenters. The minimum Gasteiger partial charge on any atom is -0.340 e. The third-order valence-electron chi connectivity index (χ3n) is 3.51. The predicted molar refractivity (Wildman–Crippen MR) is 104 cm³/mol. The van der Waals surface area contributed by atoms with E-state index in [9.17, 15) is 4.79 Å². The van der Waals surface area contributed by atoms with Crippen LogP contribution in [0.5, 0.6) is 0 Å². The summed E-state index contributed by atoms with van der Waals surface area (Å²) in [6, 6.07) is 10.9. The number of hydrogen-bond donors (Lipinski definition) is 2. The van der Waals surface area contributed by atoms with Gasteiger partial charge in [0.1, 0.15) is 5.65 Å². The smallest absolute Gasteiger partial charge is 0.286 e. The highest BCUT2D eigenvalue weighted by Crippen LogP contribution is 2.34. The molecular weight excluding hydrogens is 379 g/mol. The van der Waals surface area contributed by atoms with E-state index in [2.05, 4.69) is 20.3 Å². The van der Waals surface area contributed by atoms with E-state index in [1.54, 1.807) is 30.5 Å².